The van der Waals surface area contributed by atoms with Crippen LogP contribution in [0.1, 0.15) is 0 Å². The number of hydrogen-bond acceptors (Lipinski definition) is 3. The third kappa shape index (κ3) is 2.96. The summed E-state index contributed by atoms with van der Waals surface area (Å²) in [6, 6.07) is 1.60. The Hall–Kier alpha value is -1.04. The molecule has 0 aliphatic rings. The molecule has 0 fully saturated rings. The fourth-order valence-electron chi connectivity index (χ4n) is 0.0333. The SMILES string of the molecule is N#CC=NN. The second-order valence-corrected chi connectivity index (χ2v) is 0.407. The van der Waals surface area contributed by atoms with Gasteiger partial charge in [-0.1, -0.05) is 0 Å². The van der Waals surface area contributed by atoms with Gasteiger partial charge in [-0.3, -0.25) is 0 Å². The van der Waals surface area contributed by atoms with Crippen molar-refractivity contribution < 1.29 is 0 Å². The number of rotatable bonds is 0. The van der Waals surface area contributed by atoms with Crippen molar-refractivity contribution >= 4 is 6.21 Å². The van der Waals surface area contributed by atoms with Gasteiger partial charge in [0.2, 0.25) is 0 Å². The van der Waals surface area contributed by atoms with Gasteiger partial charge in [-0.25, -0.2) is 0 Å². The second kappa shape index (κ2) is 2.96. The van der Waals surface area contributed by atoms with Gasteiger partial charge in [0.1, 0.15) is 12.3 Å². The summed E-state index contributed by atoms with van der Waals surface area (Å²) in [6.07, 6.45) is 0.958. The van der Waals surface area contributed by atoms with Gasteiger partial charge in [-0.15, -0.1) is 0 Å². The summed E-state index contributed by atoms with van der Waals surface area (Å²) in [7, 11) is 0. The maximum atomic E-state index is 7.59. The van der Waals surface area contributed by atoms with Crippen molar-refractivity contribution in [1.29, 1.82) is 5.26 Å². The normalized spacial score (nSPS) is 7.80. The predicted molar refractivity (Wildman–Crippen MR) is 18.3 cm³/mol. The van der Waals surface area contributed by atoms with Crippen LogP contribution in [0.25, 0.3) is 0 Å². The van der Waals surface area contributed by atoms with Crippen molar-refractivity contribution in [3.8, 4) is 6.07 Å². The molecule has 0 saturated carbocycles. The average molecular weight is 69.1 g/mol. The van der Waals surface area contributed by atoms with E-state index in [1.165, 1.54) is 0 Å². The van der Waals surface area contributed by atoms with E-state index < -0.39 is 0 Å². The van der Waals surface area contributed by atoms with Gasteiger partial charge in [0.25, 0.3) is 0 Å². The molecule has 0 spiro atoms. The van der Waals surface area contributed by atoms with Crippen molar-refractivity contribution in [2.75, 3.05) is 0 Å². The van der Waals surface area contributed by atoms with Gasteiger partial charge >= 0.3 is 0 Å². The first-order valence-electron chi connectivity index (χ1n) is 1.03. The molecule has 2 N–H and O–H groups in total. The minimum absolute atomic E-state index is 0.958. The van der Waals surface area contributed by atoms with E-state index in [1.807, 2.05) is 0 Å². The molecule has 0 aliphatic heterocycles. The topological polar surface area (TPSA) is 62.2 Å². The predicted octanol–water partition coefficient (Wildman–Crippen LogP) is -0.546. The summed E-state index contributed by atoms with van der Waals surface area (Å²) >= 11 is 0. The molecule has 0 radical (unpaired) electrons. The Morgan fingerprint density at radius 3 is 2.60 bits per heavy atom. The van der Waals surface area contributed by atoms with Crippen molar-refractivity contribution in [3.05, 3.63) is 0 Å². The zero-order valence-electron chi connectivity index (χ0n) is 2.55. The standard InChI is InChI=1S/C2H3N3/c3-1-2-5-4/h2H,4H2. The zero-order valence-corrected chi connectivity index (χ0v) is 2.55. The average Bonchev–Trinajstić information content (AvgIpc) is 1.41. The highest BCUT2D eigenvalue weighted by Crippen LogP contribution is 1.34. The maximum absolute atomic E-state index is 7.59. The van der Waals surface area contributed by atoms with Crippen LogP contribution < -0.4 is 5.84 Å². The molecule has 3 nitrogen and oxygen atoms in total. The van der Waals surface area contributed by atoms with E-state index in [9.17, 15) is 0 Å². The Balaban J connectivity index is 3.04. The largest absolute Gasteiger partial charge is 0.323 e. The molecule has 0 aliphatic carbocycles. The Labute approximate surface area is 29.7 Å². The lowest BCUT2D eigenvalue weighted by Gasteiger charge is -1.53. The highest BCUT2D eigenvalue weighted by molar-refractivity contribution is 5.74. The summed E-state index contributed by atoms with van der Waals surface area (Å²) in [5.74, 6) is 4.49. The van der Waals surface area contributed by atoms with Crippen LogP contribution in [-0.4, -0.2) is 6.21 Å². The van der Waals surface area contributed by atoms with E-state index in [1.54, 1.807) is 6.07 Å². The summed E-state index contributed by atoms with van der Waals surface area (Å²) in [6.45, 7) is 0. The molecule has 0 amide bonds. The minimum Gasteiger partial charge on any atom is -0.323 e. The molecule has 0 rings (SSSR count). The monoisotopic (exact) mass is 69.0 g/mol. The third-order valence-corrected chi connectivity index (χ3v) is 0.132. The van der Waals surface area contributed by atoms with Gasteiger partial charge in [-0.2, -0.15) is 10.4 Å². The van der Waals surface area contributed by atoms with E-state index in [4.69, 9.17) is 5.26 Å². The molecule has 3 heteroatoms. The Morgan fingerprint density at radius 1 is 2.00 bits per heavy atom. The molecule has 0 bridgehead atoms. The lowest BCUT2D eigenvalue weighted by molar-refractivity contribution is 1.27. The van der Waals surface area contributed by atoms with Crippen molar-refractivity contribution in [3.63, 3.8) is 0 Å². The summed E-state index contributed by atoms with van der Waals surface area (Å²) in [5.41, 5.74) is 0. The van der Waals surface area contributed by atoms with E-state index in [-0.39, 0.29) is 0 Å². The van der Waals surface area contributed by atoms with E-state index in [0.717, 1.165) is 6.21 Å². The Kier molecular flexibility index (Phi) is 2.34. The first kappa shape index (κ1) is 3.96. The van der Waals surface area contributed by atoms with Crippen LogP contribution in [0.15, 0.2) is 5.10 Å². The molecule has 0 atom stereocenters. The highest BCUT2D eigenvalue weighted by Gasteiger charge is 1.46. The number of nitrogens with two attached hydrogens (primary N) is 1. The summed E-state index contributed by atoms with van der Waals surface area (Å²) in [5, 5.41) is 10.5. The lowest BCUT2D eigenvalue weighted by atomic mass is 10.9. The fourth-order valence-corrected chi connectivity index (χ4v) is 0.0333. The van der Waals surface area contributed by atoms with Gasteiger partial charge < -0.3 is 5.84 Å². The molecule has 0 unspecified atom stereocenters. The zero-order chi connectivity index (χ0) is 4.12. The molecule has 0 aromatic rings. The summed E-state index contributed by atoms with van der Waals surface area (Å²) < 4.78 is 0. The minimum atomic E-state index is 0.958. The van der Waals surface area contributed by atoms with Gasteiger partial charge in [-0.05, 0) is 0 Å². The molecule has 26 valence electrons. The van der Waals surface area contributed by atoms with Crippen LogP contribution in [0.4, 0.5) is 0 Å². The van der Waals surface area contributed by atoms with Crippen LogP contribution in [0.5, 0.6) is 0 Å². The molecular formula is C2H3N3. The fraction of sp³-hybridized carbons (Fsp3) is 0. The van der Waals surface area contributed by atoms with E-state index in [0.29, 0.717) is 0 Å². The Morgan fingerprint density at radius 2 is 2.60 bits per heavy atom. The van der Waals surface area contributed by atoms with Crippen LogP contribution >= 0.6 is 0 Å². The summed E-state index contributed by atoms with van der Waals surface area (Å²) in [4.78, 5) is 0. The van der Waals surface area contributed by atoms with Crippen LogP contribution in [0.3, 0.4) is 0 Å². The van der Waals surface area contributed by atoms with Gasteiger partial charge in [0.15, 0.2) is 0 Å². The Bertz CT molecular complexity index is 67.5. The molecule has 5 heavy (non-hydrogen) atoms. The van der Waals surface area contributed by atoms with Crippen LogP contribution in [0.2, 0.25) is 0 Å². The second-order valence-electron chi connectivity index (χ2n) is 0.407. The molecule has 0 aromatic carbocycles. The maximum Gasteiger partial charge on any atom is 0.124 e. The highest BCUT2D eigenvalue weighted by atomic mass is 15.1. The van der Waals surface area contributed by atoms with Gasteiger partial charge in [0, 0.05) is 0 Å². The lowest BCUT2D eigenvalue weighted by Crippen LogP contribution is -1.76. The number of nitriles is 1. The number of hydrazone groups is 1. The molecule has 0 saturated heterocycles. The first-order chi connectivity index (χ1) is 2.41. The van der Waals surface area contributed by atoms with Crippen LogP contribution in [0, 0.1) is 11.3 Å². The molecule has 0 aromatic heterocycles. The first-order valence-corrected chi connectivity index (χ1v) is 1.03. The van der Waals surface area contributed by atoms with Crippen molar-refractivity contribution in [1.82, 2.24) is 0 Å². The van der Waals surface area contributed by atoms with E-state index >= 15 is 0 Å². The van der Waals surface area contributed by atoms with Crippen molar-refractivity contribution in [2.45, 2.75) is 0 Å². The van der Waals surface area contributed by atoms with Crippen molar-refractivity contribution in [2.24, 2.45) is 10.9 Å². The van der Waals surface area contributed by atoms with E-state index in [2.05, 4.69) is 10.9 Å². The van der Waals surface area contributed by atoms with Gasteiger partial charge in [0.05, 0.1) is 0 Å². The number of nitrogens with zero attached hydrogens (tertiary/aromatic N) is 2. The molecular weight excluding hydrogens is 66.0 g/mol. The van der Waals surface area contributed by atoms with Crippen LogP contribution in [-0.2, 0) is 0 Å². The quantitative estimate of drug-likeness (QED) is 0.236. The molecule has 0 heterocycles. The number of hydrogen-bond donors (Lipinski definition) is 1. The smallest absolute Gasteiger partial charge is 0.124 e. The third-order valence-electron chi connectivity index (χ3n) is 0.132.